The molecule has 0 fully saturated rings. The van der Waals surface area contributed by atoms with Gasteiger partial charge in [0.05, 0.1) is 11.4 Å². The number of carboxylic acid groups (broad SMARTS) is 1. The van der Waals surface area contributed by atoms with E-state index in [0.717, 1.165) is 15.7 Å². The number of hydrogen-bond donors (Lipinski definition) is 2. The number of hydrogen-bond acceptors (Lipinski definition) is 5. The first-order chi connectivity index (χ1) is 13.0. The van der Waals surface area contributed by atoms with Crippen LogP contribution in [0.5, 0.6) is 5.75 Å². The molecule has 1 aromatic heterocycles. The van der Waals surface area contributed by atoms with Crippen LogP contribution in [0.25, 0.3) is 22.2 Å². The third-order valence-electron chi connectivity index (χ3n) is 3.55. The Morgan fingerprint density at radius 1 is 1.26 bits per heavy atom. The summed E-state index contributed by atoms with van der Waals surface area (Å²) in [6.45, 7) is 0. The summed E-state index contributed by atoms with van der Waals surface area (Å²) in [5.41, 5.74) is 1.99. The van der Waals surface area contributed by atoms with Gasteiger partial charge in [-0.25, -0.2) is 9.78 Å². The average Bonchev–Trinajstić information content (AvgIpc) is 3.14. The number of aromatic nitrogens is 1. The van der Waals surface area contributed by atoms with E-state index in [1.165, 1.54) is 35.8 Å². The molecule has 1 heterocycles. The molecule has 3 aromatic rings. The van der Waals surface area contributed by atoms with Crippen molar-refractivity contribution in [2.24, 2.45) is 4.99 Å². The molecule has 0 spiro atoms. The topological polar surface area (TPSA) is 105 Å². The first-order valence-electron chi connectivity index (χ1n) is 7.57. The lowest BCUT2D eigenvalue weighted by atomic mass is 10.2. The Morgan fingerprint density at radius 2 is 2.00 bits per heavy atom. The maximum atomic E-state index is 11.1. The van der Waals surface area contributed by atoms with Crippen LogP contribution in [-0.4, -0.2) is 33.3 Å². The van der Waals surface area contributed by atoms with E-state index in [-0.39, 0.29) is 16.9 Å². The molecule has 2 N–H and O–H groups in total. The molecule has 134 valence electrons. The summed E-state index contributed by atoms with van der Waals surface area (Å²) < 4.78 is 0.966. The van der Waals surface area contributed by atoms with Crippen molar-refractivity contribution >= 4 is 56.6 Å². The zero-order chi connectivity index (χ0) is 19.4. The summed E-state index contributed by atoms with van der Waals surface area (Å²) in [4.78, 5) is 19.7. The highest BCUT2D eigenvalue weighted by Gasteiger charge is 2.10. The smallest absolute Gasteiger partial charge is 0.339 e. The van der Waals surface area contributed by atoms with E-state index in [1.807, 2.05) is 29.6 Å². The Morgan fingerprint density at radius 3 is 2.67 bits per heavy atom. The lowest BCUT2D eigenvalue weighted by molar-refractivity contribution is 0.0694. The molecule has 0 aliphatic rings. The number of aromatic carboxylic acids is 1. The third kappa shape index (κ3) is 4.38. The highest BCUT2D eigenvalue weighted by atomic mass is 79.9. The highest BCUT2D eigenvalue weighted by Crippen LogP contribution is 2.27. The molecular weight excluding hydrogens is 430 g/mol. The van der Waals surface area contributed by atoms with Crippen LogP contribution in [0.3, 0.4) is 0 Å². The number of carbonyl (C=O) groups is 1. The number of allylic oxidation sites excluding steroid dienone is 1. The molecular formula is C19H11BrN3O3S-. The van der Waals surface area contributed by atoms with Crippen LogP contribution >= 0.6 is 27.3 Å². The number of thiazole rings is 1. The van der Waals surface area contributed by atoms with Gasteiger partial charge in [-0.1, -0.05) is 28.1 Å². The summed E-state index contributed by atoms with van der Waals surface area (Å²) in [7, 11) is 0. The monoisotopic (exact) mass is 440 g/mol. The molecule has 0 bridgehead atoms. The number of benzene rings is 2. The number of carboxylic acids is 1. The van der Waals surface area contributed by atoms with Gasteiger partial charge in [-0.05, 0) is 30.3 Å². The quantitative estimate of drug-likeness (QED) is 0.544. The number of rotatable bonds is 5. The van der Waals surface area contributed by atoms with Crippen LogP contribution in [0.2, 0.25) is 0 Å². The van der Waals surface area contributed by atoms with Crippen LogP contribution in [0.1, 0.15) is 15.4 Å². The van der Waals surface area contributed by atoms with Crippen LogP contribution in [0.15, 0.2) is 57.3 Å². The minimum absolute atomic E-state index is 0.255. The Bertz CT molecular complexity index is 1080. The first kappa shape index (κ1) is 18.7. The standard InChI is InChI=1S/C19H11BrN3O3S/c20-13-3-1-11(2-4-13)16-10-27-18(23-16)12(8-21)9-22-14-5-6-17(24)15(7-14)19(25)26/h1-7,9-10,24H,(H,25,26)/q-1. The van der Waals surface area contributed by atoms with Gasteiger partial charge in [0.2, 0.25) is 0 Å². The molecule has 2 aromatic carbocycles. The van der Waals surface area contributed by atoms with E-state index < -0.39 is 5.97 Å². The van der Waals surface area contributed by atoms with E-state index in [1.54, 1.807) is 0 Å². The summed E-state index contributed by atoms with van der Waals surface area (Å²) in [6.07, 6.45) is 1.34. The van der Waals surface area contributed by atoms with E-state index in [9.17, 15) is 15.3 Å². The molecule has 0 saturated heterocycles. The van der Waals surface area contributed by atoms with Crippen LogP contribution in [-0.2, 0) is 0 Å². The van der Waals surface area contributed by atoms with Crippen LogP contribution in [0.4, 0.5) is 5.69 Å². The molecule has 0 atom stereocenters. The van der Waals surface area contributed by atoms with Gasteiger partial charge in [-0.3, -0.25) is 10.9 Å². The molecule has 0 radical (unpaired) electrons. The fraction of sp³-hybridized carbons (Fsp3) is 0. The van der Waals surface area contributed by atoms with E-state index >= 15 is 0 Å². The van der Waals surface area contributed by atoms with Crippen molar-refractivity contribution in [2.75, 3.05) is 0 Å². The van der Waals surface area contributed by atoms with E-state index in [0.29, 0.717) is 10.7 Å². The average molecular weight is 441 g/mol. The lowest BCUT2D eigenvalue weighted by Crippen LogP contribution is -1.96. The van der Waals surface area contributed by atoms with E-state index in [4.69, 9.17) is 5.11 Å². The molecule has 8 heteroatoms. The second kappa shape index (κ2) is 8.09. The van der Waals surface area contributed by atoms with Gasteiger partial charge in [0.1, 0.15) is 16.3 Å². The van der Waals surface area contributed by atoms with Crippen molar-refractivity contribution in [1.29, 1.82) is 0 Å². The third-order valence-corrected chi connectivity index (χ3v) is 4.95. The Hall–Kier alpha value is -3.06. The Balaban J connectivity index is 1.85. The lowest BCUT2D eigenvalue weighted by Gasteiger charge is -2.01. The van der Waals surface area contributed by atoms with Crippen LogP contribution < -0.4 is 0 Å². The Kier molecular flexibility index (Phi) is 5.61. The normalized spacial score (nSPS) is 10.7. The summed E-state index contributed by atoms with van der Waals surface area (Å²) in [5, 5.41) is 30.3. The van der Waals surface area contributed by atoms with Crippen LogP contribution in [0, 0.1) is 0 Å². The van der Waals surface area contributed by atoms with Gasteiger partial charge in [-0.2, -0.15) is 0 Å². The largest absolute Gasteiger partial charge is 0.763 e. The van der Waals surface area contributed by atoms with Crippen molar-refractivity contribution in [3.63, 3.8) is 0 Å². The number of nitrogens with zero attached hydrogens (tertiary/aromatic N) is 3. The SMILES string of the molecule is [N-]=C=C(C=Nc1ccc(O)c(C(=O)O)c1)c1nc(-c2ccc(Br)cc2)cs1. The summed E-state index contributed by atoms with van der Waals surface area (Å²) in [6, 6.07) is 11.6. The minimum atomic E-state index is -1.26. The van der Waals surface area contributed by atoms with Crippen molar-refractivity contribution in [3.05, 3.63) is 68.3 Å². The molecule has 0 aliphatic heterocycles. The molecule has 27 heavy (non-hydrogen) atoms. The van der Waals surface area contributed by atoms with Gasteiger partial charge in [0.25, 0.3) is 0 Å². The highest BCUT2D eigenvalue weighted by molar-refractivity contribution is 9.10. The summed E-state index contributed by atoms with van der Waals surface area (Å²) in [5.74, 6) is 0.454. The predicted octanol–water partition coefficient (Wildman–Crippen LogP) is 5.00. The summed E-state index contributed by atoms with van der Waals surface area (Å²) >= 11 is 4.70. The molecule has 0 unspecified atom stereocenters. The maximum Gasteiger partial charge on any atom is 0.339 e. The molecule has 0 amide bonds. The number of halogens is 1. The van der Waals surface area contributed by atoms with Crippen molar-refractivity contribution in [3.8, 4) is 17.0 Å². The van der Waals surface area contributed by atoms with Gasteiger partial charge in [0, 0.05) is 27.2 Å². The Labute approximate surface area is 166 Å². The molecule has 0 saturated carbocycles. The fourth-order valence-corrected chi connectivity index (χ4v) is 3.25. The van der Waals surface area contributed by atoms with Crippen molar-refractivity contribution in [1.82, 2.24) is 4.98 Å². The van der Waals surface area contributed by atoms with Gasteiger partial charge >= 0.3 is 5.97 Å². The number of aliphatic imine (C=N–C) groups is 1. The van der Waals surface area contributed by atoms with Crippen molar-refractivity contribution < 1.29 is 15.0 Å². The van der Waals surface area contributed by atoms with Gasteiger partial charge < -0.3 is 15.6 Å². The fourth-order valence-electron chi connectivity index (χ4n) is 2.20. The number of aromatic hydroxyl groups is 1. The first-order valence-corrected chi connectivity index (χ1v) is 9.24. The van der Waals surface area contributed by atoms with E-state index in [2.05, 4.69) is 31.8 Å². The maximum absolute atomic E-state index is 11.1. The minimum Gasteiger partial charge on any atom is -0.763 e. The van der Waals surface area contributed by atoms with Gasteiger partial charge in [-0.15, -0.1) is 11.3 Å². The zero-order valence-electron chi connectivity index (χ0n) is 13.6. The van der Waals surface area contributed by atoms with Crippen molar-refractivity contribution in [2.45, 2.75) is 0 Å². The predicted molar refractivity (Wildman–Crippen MR) is 110 cm³/mol. The second-order valence-electron chi connectivity index (χ2n) is 5.34. The molecule has 6 nitrogen and oxygen atoms in total. The molecule has 0 aliphatic carbocycles. The molecule has 3 rings (SSSR count). The van der Waals surface area contributed by atoms with Gasteiger partial charge in [0.15, 0.2) is 0 Å². The second-order valence-corrected chi connectivity index (χ2v) is 7.11. The number of phenols is 1. The zero-order valence-corrected chi connectivity index (χ0v) is 16.0.